The monoisotopic (exact) mass is 236 g/mol. The molecule has 1 atom stereocenters. The normalized spacial score (nSPS) is 16.8. The molecule has 2 heteroatoms. The summed E-state index contributed by atoms with van der Waals surface area (Å²) >= 11 is 0. The molecule has 0 fully saturated rings. The van der Waals surface area contributed by atoms with Gasteiger partial charge in [-0.2, -0.15) is 0 Å². The Morgan fingerprint density at radius 3 is 2.56 bits per heavy atom. The van der Waals surface area contributed by atoms with Crippen LogP contribution >= 0.6 is 0 Å². The zero-order chi connectivity index (χ0) is 12.4. The maximum Gasteiger partial charge on any atom is 0.0701 e. The first-order valence-electron chi connectivity index (χ1n) is 6.18. The van der Waals surface area contributed by atoms with E-state index in [2.05, 4.69) is 71.3 Å². The highest BCUT2D eigenvalue weighted by molar-refractivity contribution is 5.71. The largest absolute Gasteiger partial charge is 0.388 e. The smallest absolute Gasteiger partial charge is 0.0701 e. The summed E-state index contributed by atoms with van der Waals surface area (Å²) in [4.78, 5) is 0. The van der Waals surface area contributed by atoms with Gasteiger partial charge in [-0.25, -0.2) is 0 Å². The Labute approximate surface area is 107 Å². The summed E-state index contributed by atoms with van der Waals surface area (Å²) in [6, 6.07) is 17.1. The van der Waals surface area contributed by atoms with Gasteiger partial charge in [0, 0.05) is 18.4 Å². The van der Waals surface area contributed by atoms with Crippen molar-refractivity contribution in [3.8, 4) is 0 Å². The average molecular weight is 236 g/mol. The molecule has 0 spiro atoms. The lowest BCUT2D eigenvalue weighted by atomic mass is 10.00. The van der Waals surface area contributed by atoms with Crippen LogP contribution < -0.4 is 10.6 Å². The van der Waals surface area contributed by atoms with Crippen LogP contribution in [0.25, 0.3) is 6.08 Å². The van der Waals surface area contributed by atoms with Gasteiger partial charge in [-0.1, -0.05) is 42.5 Å². The summed E-state index contributed by atoms with van der Waals surface area (Å²) in [5, 5.41) is 6.68. The Balaban J connectivity index is 1.87. The summed E-state index contributed by atoms with van der Waals surface area (Å²) in [6.45, 7) is 0. The first kappa shape index (κ1) is 10.9. The summed E-state index contributed by atoms with van der Waals surface area (Å²) < 4.78 is 0. The Kier molecular flexibility index (Phi) is 2.77. The summed E-state index contributed by atoms with van der Waals surface area (Å²) in [5.41, 5.74) is 4.86. The molecule has 0 aliphatic carbocycles. The van der Waals surface area contributed by atoms with Crippen molar-refractivity contribution in [2.24, 2.45) is 0 Å². The zero-order valence-electron chi connectivity index (χ0n) is 10.4. The fraction of sp³-hybridized carbons (Fsp3) is 0.125. The molecule has 0 amide bonds. The van der Waals surface area contributed by atoms with Crippen LogP contribution in [0.2, 0.25) is 0 Å². The molecule has 2 aromatic rings. The molecule has 1 heterocycles. The molecule has 2 nitrogen and oxygen atoms in total. The zero-order valence-corrected chi connectivity index (χ0v) is 10.4. The number of para-hydroxylation sites is 1. The van der Waals surface area contributed by atoms with Crippen LogP contribution in [-0.2, 0) is 0 Å². The van der Waals surface area contributed by atoms with Gasteiger partial charge in [-0.3, -0.25) is 0 Å². The van der Waals surface area contributed by atoms with Crippen molar-refractivity contribution in [2.45, 2.75) is 6.04 Å². The predicted octanol–water partition coefficient (Wildman–Crippen LogP) is 3.91. The number of hydrogen-bond donors (Lipinski definition) is 2. The second-order valence-electron chi connectivity index (χ2n) is 4.44. The Morgan fingerprint density at radius 2 is 1.78 bits per heavy atom. The van der Waals surface area contributed by atoms with Crippen molar-refractivity contribution >= 4 is 17.5 Å². The van der Waals surface area contributed by atoms with Crippen molar-refractivity contribution in [3.05, 3.63) is 65.7 Å². The van der Waals surface area contributed by atoms with Gasteiger partial charge in [0.15, 0.2) is 0 Å². The quantitative estimate of drug-likeness (QED) is 0.826. The Hall–Kier alpha value is -2.22. The average Bonchev–Trinajstić information content (AvgIpc) is 2.47. The van der Waals surface area contributed by atoms with E-state index in [4.69, 9.17) is 0 Å². The van der Waals surface area contributed by atoms with E-state index in [9.17, 15) is 0 Å². The fourth-order valence-corrected chi connectivity index (χ4v) is 2.24. The standard InChI is InChI=1S/C16H16N2/c1-17-14-9-6-13(7-10-14)16-11-8-12-4-2-3-5-15(12)18-16/h2-11,16-18H,1H3. The van der Waals surface area contributed by atoms with E-state index in [1.807, 2.05) is 7.05 Å². The number of fused-ring (bicyclic) bond motifs is 1. The molecular formula is C16H16N2. The van der Waals surface area contributed by atoms with Gasteiger partial charge in [-0.05, 0) is 29.3 Å². The number of rotatable bonds is 2. The van der Waals surface area contributed by atoms with E-state index >= 15 is 0 Å². The van der Waals surface area contributed by atoms with Crippen LogP contribution in [-0.4, -0.2) is 7.05 Å². The molecule has 1 aliphatic rings. The first-order valence-corrected chi connectivity index (χ1v) is 6.18. The van der Waals surface area contributed by atoms with Crippen molar-refractivity contribution in [1.82, 2.24) is 0 Å². The van der Waals surface area contributed by atoms with Gasteiger partial charge in [-0.15, -0.1) is 0 Å². The van der Waals surface area contributed by atoms with Gasteiger partial charge in [0.25, 0.3) is 0 Å². The second-order valence-corrected chi connectivity index (χ2v) is 4.44. The van der Waals surface area contributed by atoms with Crippen molar-refractivity contribution in [2.75, 3.05) is 17.7 Å². The molecule has 1 unspecified atom stereocenters. The Bertz CT molecular complexity index is 570. The maximum atomic E-state index is 3.54. The van der Waals surface area contributed by atoms with E-state index in [0.29, 0.717) is 0 Å². The fourth-order valence-electron chi connectivity index (χ4n) is 2.24. The van der Waals surface area contributed by atoms with E-state index in [0.717, 1.165) is 5.69 Å². The molecule has 2 N–H and O–H groups in total. The molecular weight excluding hydrogens is 220 g/mol. The number of anilines is 2. The highest BCUT2D eigenvalue weighted by Gasteiger charge is 2.13. The third kappa shape index (κ3) is 1.97. The summed E-state index contributed by atoms with van der Waals surface area (Å²) in [6.07, 6.45) is 4.39. The van der Waals surface area contributed by atoms with Crippen LogP contribution in [0.5, 0.6) is 0 Å². The highest BCUT2D eigenvalue weighted by atomic mass is 14.9. The SMILES string of the molecule is CNc1ccc(C2C=Cc3ccccc3N2)cc1. The van der Waals surface area contributed by atoms with Crippen molar-refractivity contribution < 1.29 is 0 Å². The minimum atomic E-state index is 0.255. The van der Waals surface area contributed by atoms with E-state index in [1.54, 1.807) is 0 Å². The second kappa shape index (κ2) is 4.57. The third-order valence-electron chi connectivity index (χ3n) is 3.30. The predicted molar refractivity (Wildman–Crippen MR) is 77.8 cm³/mol. The Morgan fingerprint density at radius 1 is 1.00 bits per heavy atom. The van der Waals surface area contributed by atoms with Crippen LogP contribution in [0.1, 0.15) is 17.2 Å². The van der Waals surface area contributed by atoms with Gasteiger partial charge in [0.1, 0.15) is 0 Å². The van der Waals surface area contributed by atoms with Gasteiger partial charge < -0.3 is 10.6 Å². The highest BCUT2D eigenvalue weighted by Crippen LogP contribution is 2.30. The molecule has 0 saturated heterocycles. The molecule has 2 aromatic carbocycles. The molecule has 0 aromatic heterocycles. The summed E-state index contributed by atoms with van der Waals surface area (Å²) in [5.74, 6) is 0. The van der Waals surface area contributed by atoms with Gasteiger partial charge >= 0.3 is 0 Å². The van der Waals surface area contributed by atoms with E-state index in [1.165, 1.54) is 16.8 Å². The van der Waals surface area contributed by atoms with Crippen LogP contribution in [0, 0.1) is 0 Å². The number of nitrogens with one attached hydrogen (secondary N) is 2. The van der Waals surface area contributed by atoms with Crippen molar-refractivity contribution in [3.63, 3.8) is 0 Å². The lowest BCUT2D eigenvalue weighted by Crippen LogP contribution is -2.11. The van der Waals surface area contributed by atoms with Gasteiger partial charge in [0.05, 0.1) is 6.04 Å². The van der Waals surface area contributed by atoms with Gasteiger partial charge in [0.2, 0.25) is 0 Å². The first-order chi connectivity index (χ1) is 8.86. The molecule has 3 rings (SSSR count). The minimum Gasteiger partial charge on any atom is -0.388 e. The lowest BCUT2D eigenvalue weighted by Gasteiger charge is -2.22. The summed E-state index contributed by atoms with van der Waals surface area (Å²) in [7, 11) is 1.93. The molecule has 0 saturated carbocycles. The molecule has 0 bridgehead atoms. The van der Waals surface area contributed by atoms with Crippen LogP contribution in [0.4, 0.5) is 11.4 Å². The maximum absolute atomic E-state index is 3.54. The molecule has 90 valence electrons. The van der Waals surface area contributed by atoms with Crippen LogP contribution in [0.3, 0.4) is 0 Å². The molecule has 18 heavy (non-hydrogen) atoms. The lowest BCUT2D eigenvalue weighted by molar-refractivity contribution is 0.979. The van der Waals surface area contributed by atoms with E-state index in [-0.39, 0.29) is 6.04 Å². The molecule has 0 radical (unpaired) electrons. The topological polar surface area (TPSA) is 24.1 Å². The third-order valence-corrected chi connectivity index (χ3v) is 3.30. The van der Waals surface area contributed by atoms with Crippen LogP contribution in [0.15, 0.2) is 54.6 Å². The number of benzene rings is 2. The molecule has 1 aliphatic heterocycles. The van der Waals surface area contributed by atoms with E-state index < -0.39 is 0 Å². The minimum absolute atomic E-state index is 0.255. The van der Waals surface area contributed by atoms with Crippen molar-refractivity contribution in [1.29, 1.82) is 0 Å². The number of hydrogen-bond acceptors (Lipinski definition) is 2.